The lowest BCUT2D eigenvalue weighted by molar-refractivity contribution is -0.123. The van der Waals surface area contributed by atoms with Gasteiger partial charge in [-0.25, -0.2) is 13.2 Å². The molecule has 8 nitrogen and oxygen atoms in total. The van der Waals surface area contributed by atoms with Gasteiger partial charge in [0.2, 0.25) is 15.9 Å². The van der Waals surface area contributed by atoms with Crippen LogP contribution < -0.4 is 11.1 Å². The maximum Gasteiger partial charge on any atom is 0.420 e. The number of fused-ring (bicyclic) bond motifs is 1. The highest BCUT2D eigenvalue weighted by molar-refractivity contribution is 7.89. The van der Waals surface area contributed by atoms with Crippen LogP contribution in [0.2, 0.25) is 0 Å². The second kappa shape index (κ2) is 7.95. The Bertz CT molecular complexity index is 1070. The van der Waals surface area contributed by atoms with E-state index in [1.54, 1.807) is 6.07 Å². The fourth-order valence-corrected chi connectivity index (χ4v) is 5.89. The summed E-state index contributed by atoms with van der Waals surface area (Å²) in [6.45, 7) is 3.00. The van der Waals surface area contributed by atoms with Crippen molar-refractivity contribution >= 4 is 27.0 Å². The van der Waals surface area contributed by atoms with Gasteiger partial charge in [0.1, 0.15) is 6.54 Å². The first-order valence-corrected chi connectivity index (χ1v) is 11.7. The third-order valence-corrected chi connectivity index (χ3v) is 8.00. The number of nitrogens with one attached hydrogen (secondary N) is 1. The Kier molecular flexibility index (Phi) is 5.52. The Balaban J connectivity index is 1.55. The zero-order valence-electron chi connectivity index (χ0n) is 16.6. The van der Waals surface area contributed by atoms with Crippen LogP contribution in [0.4, 0.5) is 0 Å². The smallest absolute Gasteiger partial charge is 0.408 e. The summed E-state index contributed by atoms with van der Waals surface area (Å²) in [5, 5.41) is 3.03. The molecule has 2 fully saturated rings. The van der Waals surface area contributed by atoms with Crippen LogP contribution >= 0.6 is 0 Å². The molecule has 1 amide bonds. The normalized spacial score (nSPS) is 23.5. The van der Waals surface area contributed by atoms with Crippen molar-refractivity contribution in [2.24, 2.45) is 5.92 Å². The van der Waals surface area contributed by atoms with Gasteiger partial charge in [-0.1, -0.05) is 19.8 Å². The Morgan fingerprint density at radius 2 is 1.90 bits per heavy atom. The second-order valence-corrected chi connectivity index (χ2v) is 10.1. The summed E-state index contributed by atoms with van der Waals surface area (Å²) in [6, 6.07) is 4.52. The van der Waals surface area contributed by atoms with E-state index in [0.29, 0.717) is 24.5 Å². The molecule has 4 rings (SSSR count). The van der Waals surface area contributed by atoms with Crippen molar-refractivity contribution in [1.82, 2.24) is 14.2 Å². The summed E-state index contributed by atoms with van der Waals surface area (Å²) in [7, 11) is -3.60. The van der Waals surface area contributed by atoms with E-state index in [1.807, 2.05) is 0 Å². The number of hydrogen-bond acceptors (Lipinski definition) is 5. The lowest BCUT2D eigenvalue weighted by atomic mass is 9.86. The Labute approximate surface area is 169 Å². The highest BCUT2D eigenvalue weighted by atomic mass is 32.2. The highest BCUT2D eigenvalue weighted by Crippen LogP contribution is 2.25. The topological polar surface area (TPSA) is 102 Å². The molecule has 2 aliphatic rings. The van der Waals surface area contributed by atoms with E-state index in [9.17, 15) is 18.0 Å². The SMILES string of the molecule is C[C@@H]1CCCC[C@@H]1NC(=O)Cn1c(=O)oc2cc(S(=O)(=O)N3CCCC3)ccc21. The predicted octanol–water partition coefficient (Wildman–Crippen LogP) is 2.07. The van der Waals surface area contributed by atoms with Gasteiger partial charge in [0.15, 0.2) is 5.58 Å². The molecule has 2 atom stereocenters. The number of benzene rings is 1. The molecule has 1 aliphatic heterocycles. The van der Waals surface area contributed by atoms with Gasteiger partial charge in [-0.2, -0.15) is 4.31 Å². The van der Waals surface area contributed by atoms with Crippen molar-refractivity contribution in [3.05, 3.63) is 28.7 Å². The zero-order chi connectivity index (χ0) is 20.6. The largest absolute Gasteiger partial charge is 0.420 e. The summed E-state index contributed by atoms with van der Waals surface area (Å²) in [4.78, 5) is 24.9. The van der Waals surface area contributed by atoms with E-state index in [1.165, 1.54) is 27.4 Å². The summed E-state index contributed by atoms with van der Waals surface area (Å²) in [5.41, 5.74) is 0.594. The average molecular weight is 422 g/mol. The van der Waals surface area contributed by atoms with Crippen molar-refractivity contribution in [2.45, 2.75) is 62.9 Å². The molecule has 0 bridgehead atoms. The lowest BCUT2D eigenvalue weighted by Gasteiger charge is -2.29. The van der Waals surface area contributed by atoms with Gasteiger partial charge in [-0.05, 0) is 43.7 Å². The quantitative estimate of drug-likeness (QED) is 0.796. The monoisotopic (exact) mass is 421 g/mol. The molecule has 29 heavy (non-hydrogen) atoms. The first kappa shape index (κ1) is 20.2. The molecular weight excluding hydrogens is 394 g/mol. The molecule has 1 aromatic heterocycles. The molecule has 0 spiro atoms. The highest BCUT2D eigenvalue weighted by Gasteiger charge is 2.28. The van der Waals surface area contributed by atoms with E-state index in [4.69, 9.17) is 4.42 Å². The number of hydrogen-bond donors (Lipinski definition) is 1. The van der Waals surface area contributed by atoms with E-state index in [-0.39, 0.29) is 29.0 Å². The molecule has 0 radical (unpaired) electrons. The molecular formula is C20H27N3O5S. The molecule has 1 aliphatic carbocycles. The summed E-state index contributed by atoms with van der Waals surface area (Å²) >= 11 is 0. The van der Waals surface area contributed by atoms with E-state index >= 15 is 0 Å². The summed E-state index contributed by atoms with van der Waals surface area (Å²) in [5.74, 6) is -0.478. The Hall–Kier alpha value is -2.13. The maximum atomic E-state index is 12.7. The van der Waals surface area contributed by atoms with Gasteiger partial charge in [0.25, 0.3) is 0 Å². The van der Waals surface area contributed by atoms with Gasteiger partial charge in [0, 0.05) is 25.2 Å². The predicted molar refractivity (Wildman–Crippen MR) is 108 cm³/mol. The van der Waals surface area contributed by atoms with Crippen molar-refractivity contribution in [3.63, 3.8) is 0 Å². The third-order valence-electron chi connectivity index (χ3n) is 6.10. The van der Waals surface area contributed by atoms with Crippen molar-refractivity contribution in [3.8, 4) is 0 Å². The lowest BCUT2D eigenvalue weighted by Crippen LogP contribution is -2.43. The number of aromatic nitrogens is 1. The zero-order valence-corrected chi connectivity index (χ0v) is 17.4. The van der Waals surface area contributed by atoms with Crippen LogP contribution in [0.5, 0.6) is 0 Å². The number of amides is 1. The standard InChI is InChI=1S/C20H27N3O5S/c1-14-6-2-3-7-16(14)21-19(24)13-23-17-9-8-15(12-18(17)28-20(23)25)29(26,27)22-10-4-5-11-22/h8-9,12,14,16H,2-7,10-11,13H2,1H3,(H,21,24)/t14-,16+/m1/s1. The van der Waals surface area contributed by atoms with E-state index in [0.717, 1.165) is 32.1 Å². The minimum Gasteiger partial charge on any atom is -0.408 e. The average Bonchev–Trinajstić information content (AvgIpc) is 3.32. The van der Waals surface area contributed by atoms with Gasteiger partial charge < -0.3 is 9.73 Å². The number of carbonyl (C=O) groups excluding carboxylic acids is 1. The van der Waals surface area contributed by atoms with Crippen LogP contribution in [0.1, 0.15) is 45.4 Å². The number of oxazole rings is 1. The van der Waals surface area contributed by atoms with Gasteiger partial charge in [-0.15, -0.1) is 0 Å². The Morgan fingerprint density at radius 1 is 1.17 bits per heavy atom. The van der Waals surface area contributed by atoms with Crippen molar-refractivity contribution in [1.29, 1.82) is 0 Å². The fraction of sp³-hybridized carbons (Fsp3) is 0.600. The molecule has 1 aromatic carbocycles. The molecule has 9 heteroatoms. The van der Waals surface area contributed by atoms with Crippen molar-refractivity contribution in [2.75, 3.05) is 13.1 Å². The first-order valence-electron chi connectivity index (χ1n) is 10.3. The van der Waals surface area contributed by atoms with Crippen LogP contribution in [0, 0.1) is 5.92 Å². The Morgan fingerprint density at radius 3 is 2.62 bits per heavy atom. The molecule has 158 valence electrons. The molecule has 1 saturated heterocycles. The number of rotatable bonds is 5. The van der Waals surface area contributed by atoms with Crippen LogP contribution in [-0.4, -0.2) is 42.3 Å². The summed E-state index contributed by atoms with van der Waals surface area (Å²) in [6.07, 6.45) is 6.02. The molecule has 1 saturated carbocycles. The van der Waals surface area contributed by atoms with Gasteiger partial charge in [-0.3, -0.25) is 9.36 Å². The first-order chi connectivity index (χ1) is 13.9. The minimum atomic E-state index is -3.60. The van der Waals surface area contributed by atoms with Gasteiger partial charge in [0.05, 0.1) is 10.4 Å². The fourth-order valence-electron chi connectivity index (χ4n) is 4.36. The molecule has 1 N–H and O–H groups in total. The van der Waals surface area contributed by atoms with E-state index in [2.05, 4.69) is 12.2 Å². The van der Waals surface area contributed by atoms with Crippen LogP contribution in [-0.2, 0) is 21.4 Å². The number of nitrogens with zero attached hydrogens (tertiary/aromatic N) is 2. The second-order valence-electron chi connectivity index (χ2n) is 8.13. The van der Waals surface area contributed by atoms with Crippen LogP contribution in [0.25, 0.3) is 11.1 Å². The number of carbonyl (C=O) groups is 1. The molecule has 2 aromatic rings. The summed E-state index contributed by atoms with van der Waals surface area (Å²) < 4.78 is 33.4. The minimum absolute atomic E-state index is 0.105. The maximum absolute atomic E-state index is 12.7. The molecule has 2 heterocycles. The van der Waals surface area contributed by atoms with E-state index < -0.39 is 15.8 Å². The van der Waals surface area contributed by atoms with Gasteiger partial charge >= 0.3 is 5.76 Å². The van der Waals surface area contributed by atoms with Crippen LogP contribution in [0.15, 0.2) is 32.3 Å². The third kappa shape index (κ3) is 3.98. The van der Waals surface area contributed by atoms with Crippen molar-refractivity contribution < 1.29 is 17.6 Å². The number of sulfonamides is 1. The van der Waals surface area contributed by atoms with Crippen LogP contribution in [0.3, 0.4) is 0 Å². The molecule has 0 unspecified atom stereocenters.